The molecular weight excluding hydrogens is 385 g/mol. The van der Waals surface area contributed by atoms with Gasteiger partial charge in [-0.2, -0.15) is 27.9 Å². The quantitative estimate of drug-likeness (QED) is 0.725. The molecule has 2 N–H and O–H groups in total. The van der Waals surface area contributed by atoms with Crippen LogP contribution in [0.25, 0.3) is 0 Å². The van der Waals surface area contributed by atoms with Gasteiger partial charge in [-0.05, 0) is 12.0 Å². The fraction of sp³-hybridized carbons (Fsp3) is 0.294. The number of aromatic nitrogens is 2. The predicted molar refractivity (Wildman–Crippen MR) is 91.4 cm³/mol. The number of nitrogens with zero attached hydrogens (tertiary/aromatic N) is 2. The summed E-state index contributed by atoms with van der Waals surface area (Å²) < 4.78 is 39.9. The number of anilines is 1. The van der Waals surface area contributed by atoms with Crippen LogP contribution in [0.5, 0.6) is 0 Å². The maximum Gasteiger partial charge on any atom is 0.497 e. The number of alkyl halides is 3. The van der Waals surface area contributed by atoms with Crippen LogP contribution in [0.2, 0.25) is 5.02 Å². The third-order valence-corrected chi connectivity index (χ3v) is 5.07. The smallest absolute Gasteiger partial charge is 0.328 e. The van der Waals surface area contributed by atoms with Gasteiger partial charge in [0.05, 0.1) is 10.6 Å². The van der Waals surface area contributed by atoms with Crippen molar-refractivity contribution in [3.8, 4) is 0 Å². The minimum Gasteiger partial charge on any atom is -0.328 e. The van der Waals surface area contributed by atoms with Crippen molar-refractivity contribution in [3.05, 3.63) is 56.6 Å². The Hall–Kier alpha value is -2.68. The molecule has 2 aliphatic heterocycles. The minimum absolute atomic E-state index is 0.0646. The number of amides is 2. The zero-order valence-electron chi connectivity index (χ0n) is 13.7. The molecule has 1 atom stereocenters. The highest BCUT2D eigenvalue weighted by Crippen LogP contribution is 2.35. The fourth-order valence-electron chi connectivity index (χ4n) is 3.60. The van der Waals surface area contributed by atoms with Gasteiger partial charge in [-0.15, -0.1) is 0 Å². The normalized spacial score (nSPS) is 18.4. The van der Waals surface area contributed by atoms with Crippen LogP contribution in [0.4, 0.5) is 23.8 Å². The molecule has 1 unspecified atom stereocenters. The van der Waals surface area contributed by atoms with Crippen LogP contribution < -0.4 is 10.9 Å². The van der Waals surface area contributed by atoms with Gasteiger partial charge >= 0.3 is 12.2 Å². The van der Waals surface area contributed by atoms with E-state index in [2.05, 4.69) is 15.3 Å². The lowest BCUT2D eigenvalue weighted by atomic mass is 9.99. The molecule has 4 rings (SSSR count). The second-order valence-electron chi connectivity index (χ2n) is 6.43. The van der Waals surface area contributed by atoms with E-state index < -0.39 is 22.8 Å². The molecule has 0 saturated heterocycles. The highest BCUT2D eigenvalue weighted by atomic mass is 35.5. The van der Waals surface area contributed by atoms with Crippen LogP contribution in [0.1, 0.15) is 29.5 Å². The number of urea groups is 1. The van der Waals surface area contributed by atoms with Gasteiger partial charge in [0, 0.05) is 42.9 Å². The molecule has 0 fully saturated rings. The summed E-state index contributed by atoms with van der Waals surface area (Å²) in [5, 5.41) is 1.97. The highest BCUT2D eigenvalue weighted by molar-refractivity contribution is 6.31. The number of pyridine rings is 2. The summed E-state index contributed by atoms with van der Waals surface area (Å²) in [4.78, 5) is 30.5. The van der Waals surface area contributed by atoms with E-state index >= 15 is 0 Å². The van der Waals surface area contributed by atoms with Crippen molar-refractivity contribution in [2.75, 3.05) is 5.32 Å². The Bertz CT molecular complexity index is 1050. The van der Waals surface area contributed by atoms with Crippen molar-refractivity contribution >= 4 is 29.2 Å². The monoisotopic (exact) mass is 397 g/mol. The van der Waals surface area contributed by atoms with Crippen LogP contribution >= 0.6 is 11.6 Å². The molecule has 0 aromatic carbocycles. The third kappa shape index (κ3) is 3.12. The van der Waals surface area contributed by atoms with Crippen LogP contribution in [0.3, 0.4) is 0 Å². The maximum atomic E-state index is 12.8. The fourth-order valence-corrected chi connectivity index (χ4v) is 3.86. The van der Waals surface area contributed by atoms with E-state index in [1.165, 1.54) is 6.07 Å². The number of aromatic amines is 1. The Labute approximate surface area is 155 Å². The summed E-state index contributed by atoms with van der Waals surface area (Å²) >= 11 is 5.67. The van der Waals surface area contributed by atoms with Crippen molar-refractivity contribution in [1.29, 1.82) is 0 Å². The van der Waals surface area contributed by atoms with Gasteiger partial charge in [-0.25, -0.2) is 4.98 Å². The third-order valence-electron chi connectivity index (χ3n) is 4.76. The van der Waals surface area contributed by atoms with Gasteiger partial charge in [0.15, 0.2) is 0 Å². The predicted octanol–water partition coefficient (Wildman–Crippen LogP) is 3.19. The first kappa shape index (κ1) is 17.7. The van der Waals surface area contributed by atoms with Crippen LogP contribution in [-0.2, 0) is 12.6 Å². The number of fused-ring (bicyclic) bond motifs is 3. The average molecular weight is 398 g/mol. The summed E-state index contributed by atoms with van der Waals surface area (Å²) in [6.07, 6.45) is -0.490. The number of carbonyl (C=O) groups is 1. The van der Waals surface area contributed by atoms with Crippen molar-refractivity contribution < 1.29 is 22.5 Å². The number of carbonyl (C=O) groups excluding carboxylic acids is 1. The molecule has 6 nitrogen and oxygen atoms in total. The largest absolute Gasteiger partial charge is 0.497 e. The van der Waals surface area contributed by atoms with E-state index in [9.17, 15) is 22.8 Å². The van der Waals surface area contributed by atoms with Gasteiger partial charge in [-0.1, -0.05) is 11.6 Å². The number of H-pyrrole nitrogens is 1. The van der Waals surface area contributed by atoms with Crippen LogP contribution in [-0.4, -0.2) is 32.3 Å². The lowest BCUT2D eigenvalue weighted by Crippen LogP contribution is -2.39. The topological polar surface area (TPSA) is 77.9 Å². The van der Waals surface area contributed by atoms with Crippen LogP contribution in [0, 0.1) is 0 Å². The number of rotatable bonds is 1. The van der Waals surface area contributed by atoms with Crippen LogP contribution in [0.15, 0.2) is 29.3 Å². The average Bonchev–Trinajstić information content (AvgIpc) is 2.89. The summed E-state index contributed by atoms with van der Waals surface area (Å²) in [5.41, 5.74) is 1.20. The molecule has 2 aliphatic rings. The van der Waals surface area contributed by atoms with E-state index in [1.807, 2.05) is 0 Å². The second-order valence-corrected chi connectivity index (χ2v) is 6.83. The standard InChI is InChI=1S/C17H12ClF3N4O2/c18-12-5-14(22-7-11(12)17(19,20)21)24-16(27)25-9-1-2-13(25)10-6-23-15(26)4-8(10)3-9/h4-7,9H,1-3H2,(H,22,24,27)/p+1. The molecule has 2 aromatic heterocycles. The number of halogens is 4. The first-order valence-electron chi connectivity index (χ1n) is 8.15. The molecule has 2 aromatic rings. The Morgan fingerprint density at radius 3 is 2.85 bits per heavy atom. The van der Waals surface area contributed by atoms with Gasteiger partial charge in [0.25, 0.3) is 0 Å². The Balaban J connectivity index is 1.64. The van der Waals surface area contributed by atoms with Crippen molar-refractivity contribution in [2.24, 2.45) is 0 Å². The Morgan fingerprint density at radius 1 is 1.37 bits per heavy atom. The van der Waals surface area contributed by atoms with Gasteiger partial charge in [-0.3, -0.25) is 4.79 Å². The Morgan fingerprint density at radius 2 is 2.15 bits per heavy atom. The van der Waals surface area contributed by atoms with Gasteiger partial charge < -0.3 is 4.98 Å². The minimum atomic E-state index is -4.62. The number of hydrogen-bond donors (Lipinski definition) is 2. The molecular formula is C17H13ClF3N4O2+. The highest BCUT2D eigenvalue weighted by Gasteiger charge is 2.41. The summed E-state index contributed by atoms with van der Waals surface area (Å²) in [6, 6.07) is 1.90. The zero-order valence-corrected chi connectivity index (χ0v) is 14.5. The SMILES string of the molecule is O=C(Nc1cc(Cl)c(C(F)(F)F)cn1)[N+]1=C2CCC1Cc1cc(=O)[nH]cc12. The molecule has 2 amide bonds. The van der Waals surface area contributed by atoms with E-state index in [0.717, 1.165) is 29.3 Å². The lowest BCUT2D eigenvalue weighted by molar-refractivity contribution is -0.460. The number of hydrogen-bond acceptors (Lipinski definition) is 3. The second kappa shape index (κ2) is 6.19. The van der Waals surface area contributed by atoms with Crippen molar-refractivity contribution in [3.63, 3.8) is 0 Å². The van der Waals surface area contributed by atoms with E-state index in [0.29, 0.717) is 19.0 Å². The number of nitrogens with one attached hydrogen (secondary N) is 2. The molecule has 10 heteroatoms. The van der Waals surface area contributed by atoms with Gasteiger partial charge in [0.2, 0.25) is 11.4 Å². The van der Waals surface area contributed by atoms with Crippen molar-refractivity contribution in [1.82, 2.24) is 9.97 Å². The molecule has 27 heavy (non-hydrogen) atoms. The molecule has 140 valence electrons. The zero-order chi connectivity index (χ0) is 19.3. The summed E-state index contributed by atoms with van der Waals surface area (Å²) in [7, 11) is 0. The lowest BCUT2D eigenvalue weighted by Gasteiger charge is -2.19. The van der Waals surface area contributed by atoms with Crippen molar-refractivity contribution in [2.45, 2.75) is 31.5 Å². The molecule has 0 saturated carbocycles. The van der Waals surface area contributed by atoms with Gasteiger partial charge in [0.1, 0.15) is 11.8 Å². The molecule has 0 spiro atoms. The molecule has 4 heterocycles. The van der Waals surface area contributed by atoms with E-state index in [-0.39, 0.29) is 17.4 Å². The summed E-state index contributed by atoms with van der Waals surface area (Å²) in [6.45, 7) is 0. The van der Waals surface area contributed by atoms with E-state index in [1.54, 1.807) is 10.8 Å². The summed E-state index contributed by atoms with van der Waals surface area (Å²) in [5.74, 6) is -0.0646. The molecule has 2 bridgehead atoms. The molecule has 0 aliphatic carbocycles. The first-order chi connectivity index (χ1) is 12.7. The maximum absolute atomic E-state index is 12.8. The molecule has 0 radical (unpaired) electrons. The Kier molecular flexibility index (Phi) is 4.06. The van der Waals surface area contributed by atoms with E-state index in [4.69, 9.17) is 11.6 Å². The first-order valence-corrected chi connectivity index (χ1v) is 8.52.